The van der Waals surface area contributed by atoms with Gasteiger partial charge in [0.1, 0.15) is 17.1 Å². The average molecular weight is 381 g/mol. The molecule has 2 aromatic rings. The number of hydrogen-bond donors (Lipinski definition) is 2. The Morgan fingerprint density at radius 2 is 2.07 bits per heavy atom. The van der Waals surface area contributed by atoms with Crippen LogP contribution in [-0.4, -0.2) is 41.5 Å². The minimum atomic E-state index is -4.56. The molecule has 1 amide bonds. The van der Waals surface area contributed by atoms with Crippen molar-refractivity contribution in [1.29, 1.82) is 0 Å². The highest BCUT2D eigenvalue weighted by Gasteiger charge is 2.35. The fourth-order valence-corrected chi connectivity index (χ4v) is 2.97. The van der Waals surface area contributed by atoms with Crippen molar-refractivity contribution in [3.05, 3.63) is 35.0 Å². The van der Waals surface area contributed by atoms with Crippen LogP contribution < -0.4 is 15.4 Å². The number of carbonyl (C=O) groups is 1. The molecule has 1 aliphatic heterocycles. The van der Waals surface area contributed by atoms with Gasteiger partial charge in [0.25, 0.3) is 5.91 Å². The third kappa shape index (κ3) is 3.34. The number of alkyl halides is 3. The Kier molecular flexibility index (Phi) is 4.81. The molecule has 1 aliphatic rings. The van der Waals surface area contributed by atoms with Crippen LogP contribution in [0.4, 0.5) is 30.6 Å². The quantitative estimate of drug-likeness (QED) is 0.828. The second kappa shape index (κ2) is 6.93. The van der Waals surface area contributed by atoms with Crippen LogP contribution in [-0.2, 0) is 12.7 Å². The van der Waals surface area contributed by atoms with E-state index in [2.05, 4.69) is 20.6 Å². The summed E-state index contributed by atoms with van der Waals surface area (Å²) >= 11 is 0. The molecule has 0 bridgehead atoms. The second-order valence-corrected chi connectivity index (χ2v) is 5.82. The van der Waals surface area contributed by atoms with Crippen molar-refractivity contribution in [3.8, 4) is 5.75 Å². The molecule has 27 heavy (non-hydrogen) atoms. The summed E-state index contributed by atoms with van der Waals surface area (Å²) in [5, 5.41) is 5.29. The Morgan fingerprint density at radius 1 is 1.33 bits per heavy atom. The van der Waals surface area contributed by atoms with Gasteiger partial charge in [-0.3, -0.25) is 4.79 Å². The third-order valence-corrected chi connectivity index (χ3v) is 4.29. The maximum atomic E-state index is 13.0. The van der Waals surface area contributed by atoms with Crippen molar-refractivity contribution in [2.45, 2.75) is 19.6 Å². The molecular formula is C17H18F3N5O2. The number of hydrogen-bond acceptors (Lipinski definition) is 6. The van der Waals surface area contributed by atoms with Crippen molar-refractivity contribution in [3.63, 3.8) is 0 Å². The number of nitrogens with zero attached hydrogens (tertiary/aromatic N) is 3. The van der Waals surface area contributed by atoms with Crippen LogP contribution in [0.1, 0.15) is 28.4 Å². The monoisotopic (exact) mass is 381 g/mol. The maximum Gasteiger partial charge on any atom is 0.421 e. The molecule has 0 fully saturated rings. The molecule has 0 atom stereocenters. The minimum absolute atomic E-state index is 0.0257. The molecule has 1 aromatic heterocycles. The first-order valence-electron chi connectivity index (χ1n) is 8.18. The molecule has 1 aromatic carbocycles. The van der Waals surface area contributed by atoms with Gasteiger partial charge in [-0.05, 0) is 19.1 Å². The molecule has 2 heterocycles. The van der Waals surface area contributed by atoms with E-state index in [0.717, 1.165) is 5.56 Å². The van der Waals surface area contributed by atoms with Crippen LogP contribution in [0.3, 0.4) is 0 Å². The molecule has 0 spiro atoms. The van der Waals surface area contributed by atoms with Crippen molar-refractivity contribution in [2.24, 2.45) is 0 Å². The Balaban J connectivity index is 1.97. The van der Waals surface area contributed by atoms with Gasteiger partial charge in [-0.1, -0.05) is 0 Å². The van der Waals surface area contributed by atoms with E-state index in [0.29, 0.717) is 36.3 Å². The molecule has 0 saturated heterocycles. The molecule has 2 N–H and O–H groups in total. The van der Waals surface area contributed by atoms with Crippen LogP contribution in [0.5, 0.6) is 5.75 Å². The number of methoxy groups -OCH3 is 1. The first kappa shape index (κ1) is 18.7. The first-order chi connectivity index (χ1) is 12.8. The summed E-state index contributed by atoms with van der Waals surface area (Å²) in [5.74, 6) is -0.0124. The van der Waals surface area contributed by atoms with E-state index in [1.165, 1.54) is 14.2 Å². The highest BCUT2D eigenvalue weighted by Crippen LogP contribution is 2.38. The molecule has 0 unspecified atom stereocenters. The van der Waals surface area contributed by atoms with Gasteiger partial charge in [0.05, 0.1) is 19.3 Å². The Hall–Kier alpha value is -3.04. The summed E-state index contributed by atoms with van der Waals surface area (Å²) < 4.78 is 44.4. The van der Waals surface area contributed by atoms with Crippen LogP contribution in [0.15, 0.2) is 18.3 Å². The number of nitrogens with one attached hydrogen (secondary N) is 2. The zero-order valence-corrected chi connectivity index (χ0v) is 14.9. The predicted molar refractivity (Wildman–Crippen MR) is 93.3 cm³/mol. The van der Waals surface area contributed by atoms with E-state index in [9.17, 15) is 18.0 Å². The highest BCUT2D eigenvalue weighted by molar-refractivity contribution is 6.00. The van der Waals surface area contributed by atoms with Gasteiger partial charge in [-0.15, -0.1) is 0 Å². The molecule has 0 saturated carbocycles. The van der Waals surface area contributed by atoms with Crippen LogP contribution in [0, 0.1) is 0 Å². The number of aromatic nitrogens is 2. The predicted octanol–water partition coefficient (Wildman–Crippen LogP) is 3.27. The fourth-order valence-electron chi connectivity index (χ4n) is 2.97. The molecule has 10 heteroatoms. The summed E-state index contributed by atoms with van der Waals surface area (Å²) in [7, 11) is 2.81. The SMILES string of the molecule is CCN1Cc2c(ccc(Nc3ncc(C(F)(F)F)c(NC)n3)c2OC)C1=O. The lowest BCUT2D eigenvalue weighted by Gasteiger charge is -2.15. The number of amides is 1. The largest absolute Gasteiger partial charge is 0.494 e. The number of benzene rings is 1. The molecular weight excluding hydrogens is 363 g/mol. The smallest absolute Gasteiger partial charge is 0.421 e. The number of carbonyl (C=O) groups excluding carboxylic acids is 1. The number of fused-ring (bicyclic) bond motifs is 1. The van der Waals surface area contributed by atoms with Crippen LogP contribution in [0.2, 0.25) is 0 Å². The standard InChI is InChI=1S/C17H18F3N5O2/c1-4-25-8-10-9(15(25)26)5-6-12(13(10)27-3)23-16-22-7-11(17(18,19)20)14(21-2)24-16/h5-7H,4,8H2,1-3H3,(H2,21,22,23,24). The molecule has 0 aliphatic carbocycles. The van der Waals surface area contributed by atoms with E-state index < -0.39 is 11.7 Å². The maximum absolute atomic E-state index is 13.0. The van der Waals surface area contributed by atoms with Gasteiger partial charge in [-0.25, -0.2) is 4.98 Å². The van der Waals surface area contributed by atoms with Gasteiger partial charge in [0, 0.05) is 30.9 Å². The fraction of sp³-hybridized carbons (Fsp3) is 0.353. The summed E-state index contributed by atoms with van der Waals surface area (Å²) in [6.07, 6.45) is -3.85. The number of halogens is 3. The van der Waals surface area contributed by atoms with Gasteiger partial charge >= 0.3 is 6.18 Å². The van der Waals surface area contributed by atoms with Gasteiger partial charge in [0.2, 0.25) is 5.95 Å². The lowest BCUT2D eigenvalue weighted by molar-refractivity contribution is -0.137. The highest BCUT2D eigenvalue weighted by atomic mass is 19.4. The molecule has 7 nitrogen and oxygen atoms in total. The minimum Gasteiger partial charge on any atom is -0.494 e. The van der Waals surface area contributed by atoms with Crippen LogP contribution in [0.25, 0.3) is 0 Å². The Morgan fingerprint density at radius 3 is 2.67 bits per heavy atom. The van der Waals surface area contributed by atoms with Crippen LogP contribution >= 0.6 is 0 Å². The zero-order chi connectivity index (χ0) is 19.8. The van der Waals surface area contributed by atoms with Gasteiger partial charge < -0.3 is 20.3 Å². The van der Waals surface area contributed by atoms with Crippen molar-refractivity contribution in [2.75, 3.05) is 31.3 Å². The van der Waals surface area contributed by atoms with Crippen molar-refractivity contribution >= 4 is 23.4 Å². The normalized spacial score (nSPS) is 13.6. The number of ether oxygens (including phenoxy) is 1. The van der Waals surface area contributed by atoms with Crippen molar-refractivity contribution in [1.82, 2.24) is 14.9 Å². The Bertz CT molecular complexity index is 886. The molecule has 3 rings (SSSR count). The molecule has 144 valence electrons. The lowest BCUT2D eigenvalue weighted by Crippen LogP contribution is -2.22. The van der Waals surface area contributed by atoms with E-state index in [4.69, 9.17) is 4.74 Å². The first-order valence-corrected chi connectivity index (χ1v) is 8.18. The topological polar surface area (TPSA) is 79.4 Å². The number of rotatable bonds is 5. The zero-order valence-electron chi connectivity index (χ0n) is 14.9. The summed E-state index contributed by atoms with van der Waals surface area (Å²) in [4.78, 5) is 21.6. The van der Waals surface area contributed by atoms with Gasteiger partial charge in [-0.2, -0.15) is 18.2 Å². The van der Waals surface area contributed by atoms with Gasteiger partial charge in [0.15, 0.2) is 0 Å². The number of anilines is 3. The summed E-state index contributed by atoms with van der Waals surface area (Å²) in [6, 6.07) is 3.27. The molecule has 0 radical (unpaired) electrons. The van der Waals surface area contributed by atoms with E-state index in [1.807, 2.05) is 6.92 Å². The second-order valence-electron chi connectivity index (χ2n) is 5.82. The lowest BCUT2D eigenvalue weighted by atomic mass is 10.1. The Labute approximate surface area is 153 Å². The average Bonchev–Trinajstić information content (AvgIpc) is 2.96. The van der Waals surface area contributed by atoms with E-state index in [1.54, 1.807) is 17.0 Å². The van der Waals surface area contributed by atoms with E-state index in [-0.39, 0.29) is 17.7 Å². The summed E-state index contributed by atoms with van der Waals surface area (Å²) in [6.45, 7) is 2.84. The summed E-state index contributed by atoms with van der Waals surface area (Å²) in [5.41, 5.74) is 0.767. The third-order valence-electron chi connectivity index (χ3n) is 4.29. The van der Waals surface area contributed by atoms with E-state index >= 15 is 0 Å². The van der Waals surface area contributed by atoms with Crippen molar-refractivity contribution < 1.29 is 22.7 Å².